The van der Waals surface area contributed by atoms with Crippen molar-refractivity contribution >= 4 is 11.3 Å². The minimum Gasteiger partial charge on any atom is -0.396 e. The Hall–Kier alpha value is -0.380. The van der Waals surface area contributed by atoms with Gasteiger partial charge in [-0.1, -0.05) is 13.0 Å². The molecule has 1 aromatic rings. The predicted molar refractivity (Wildman–Crippen MR) is 52.4 cm³/mol. The third-order valence-electron chi connectivity index (χ3n) is 1.75. The summed E-state index contributed by atoms with van der Waals surface area (Å²) in [6.07, 6.45) is 0.800. The monoisotopic (exact) mass is 185 g/mol. The van der Waals surface area contributed by atoms with Gasteiger partial charge in [0.1, 0.15) is 0 Å². The molecule has 0 fully saturated rings. The number of hydrogen-bond donors (Lipinski definition) is 2. The maximum absolute atomic E-state index is 8.83. The molecule has 0 saturated heterocycles. The van der Waals surface area contributed by atoms with Gasteiger partial charge in [0.05, 0.1) is 0 Å². The molecule has 1 aromatic heterocycles. The van der Waals surface area contributed by atoms with Crippen LogP contribution in [0.2, 0.25) is 0 Å². The van der Waals surface area contributed by atoms with Gasteiger partial charge in [-0.25, -0.2) is 0 Å². The molecule has 0 spiro atoms. The zero-order valence-corrected chi connectivity index (χ0v) is 8.10. The summed E-state index contributed by atoms with van der Waals surface area (Å²) in [7, 11) is 0. The first-order valence-electron chi connectivity index (χ1n) is 4.26. The van der Waals surface area contributed by atoms with E-state index in [1.807, 2.05) is 6.07 Å². The van der Waals surface area contributed by atoms with E-state index in [-0.39, 0.29) is 6.61 Å². The maximum Gasteiger partial charge on any atom is 0.0449 e. The first-order valence-corrected chi connectivity index (χ1v) is 5.14. The van der Waals surface area contributed by atoms with E-state index in [9.17, 15) is 0 Å². The Balaban J connectivity index is 2.53. The highest BCUT2D eigenvalue weighted by Gasteiger charge is 2.09. The lowest BCUT2D eigenvalue weighted by atomic mass is 10.2. The van der Waals surface area contributed by atoms with E-state index >= 15 is 0 Å². The van der Waals surface area contributed by atoms with Crippen molar-refractivity contribution < 1.29 is 5.11 Å². The minimum absolute atomic E-state index is 0.246. The second-order valence-corrected chi connectivity index (χ2v) is 3.62. The van der Waals surface area contributed by atoms with Crippen molar-refractivity contribution in [3.8, 4) is 0 Å². The molecule has 0 radical (unpaired) electrons. The molecule has 0 amide bonds. The molecule has 1 heterocycles. The molecular formula is C9H15NOS. The first-order chi connectivity index (χ1) is 5.88. The maximum atomic E-state index is 8.83. The van der Waals surface area contributed by atoms with Crippen LogP contribution in [-0.4, -0.2) is 18.3 Å². The highest BCUT2D eigenvalue weighted by atomic mass is 32.1. The molecule has 0 unspecified atom stereocenters. The van der Waals surface area contributed by atoms with Crippen molar-refractivity contribution in [1.82, 2.24) is 5.32 Å². The fourth-order valence-electron chi connectivity index (χ4n) is 1.21. The van der Waals surface area contributed by atoms with E-state index in [0.29, 0.717) is 6.04 Å². The number of aliphatic hydroxyl groups excluding tert-OH is 1. The fourth-order valence-corrected chi connectivity index (χ4v) is 2.05. The van der Waals surface area contributed by atoms with Crippen LogP contribution in [0.5, 0.6) is 0 Å². The Kier molecular flexibility index (Phi) is 4.29. The van der Waals surface area contributed by atoms with Gasteiger partial charge in [-0.05, 0) is 24.4 Å². The molecule has 0 aliphatic rings. The largest absolute Gasteiger partial charge is 0.396 e. The zero-order valence-electron chi connectivity index (χ0n) is 7.29. The van der Waals surface area contributed by atoms with Crippen LogP contribution in [0.4, 0.5) is 0 Å². The van der Waals surface area contributed by atoms with Gasteiger partial charge in [0, 0.05) is 17.5 Å². The molecule has 0 aromatic carbocycles. The van der Waals surface area contributed by atoms with E-state index in [1.165, 1.54) is 4.88 Å². The van der Waals surface area contributed by atoms with Crippen LogP contribution in [0.15, 0.2) is 17.5 Å². The van der Waals surface area contributed by atoms with Gasteiger partial charge >= 0.3 is 0 Å². The normalized spacial score (nSPS) is 13.2. The number of nitrogens with one attached hydrogen (secondary N) is 1. The summed E-state index contributed by atoms with van der Waals surface area (Å²) in [5.41, 5.74) is 0. The molecule has 68 valence electrons. The molecule has 0 bridgehead atoms. The molecule has 3 heteroatoms. The van der Waals surface area contributed by atoms with E-state index in [0.717, 1.165) is 13.0 Å². The number of rotatable bonds is 5. The zero-order chi connectivity index (χ0) is 8.81. The van der Waals surface area contributed by atoms with Gasteiger partial charge in [-0.3, -0.25) is 0 Å². The standard InChI is InChI=1S/C9H15NOS/c1-2-10-8(5-6-11)9-4-3-7-12-9/h3-4,7-8,10-11H,2,5-6H2,1H3/t8-/m1/s1. The Bertz CT molecular complexity index is 192. The van der Waals surface area contributed by atoms with Crippen LogP contribution in [0, 0.1) is 0 Å². The van der Waals surface area contributed by atoms with Gasteiger partial charge in [0.2, 0.25) is 0 Å². The van der Waals surface area contributed by atoms with Crippen LogP contribution in [0.3, 0.4) is 0 Å². The average Bonchev–Trinajstić information content (AvgIpc) is 2.56. The summed E-state index contributed by atoms with van der Waals surface area (Å²) in [6.45, 7) is 3.27. The predicted octanol–water partition coefficient (Wildman–Crippen LogP) is 1.78. The van der Waals surface area contributed by atoms with Crippen LogP contribution in [-0.2, 0) is 0 Å². The Morgan fingerprint density at radius 1 is 1.67 bits per heavy atom. The summed E-state index contributed by atoms with van der Waals surface area (Å²) in [6, 6.07) is 4.48. The molecular weight excluding hydrogens is 170 g/mol. The Labute approximate surface area is 77.2 Å². The van der Waals surface area contributed by atoms with Crippen molar-refractivity contribution in [2.45, 2.75) is 19.4 Å². The van der Waals surface area contributed by atoms with Crippen LogP contribution in [0.25, 0.3) is 0 Å². The lowest BCUT2D eigenvalue weighted by molar-refractivity contribution is 0.267. The lowest BCUT2D eigenvalue weighted by Gasteiger charge is -2.14. The molecule has 1 rings (SSSR count). The van der Waals surface area contributed by atoms with Crippen LogP contribution >= 0.6 is 11.3 Å². The molecule has 12 heavy (non-hydrogen) atoms. The molecule has 0 aliphatic carbocycles. The van der Waals surface area contributed by atoms with Crippen molar-refractivity contribution in [2.75, 3.05) is 13.2 Å². The topological polar surface area (TPSA) is 32.3 Å². The van der Waals surface area contributed by atoms with Crippen LogP contribution in [0.1, 0.15) is 24.3 Å². The van der Waals surface area contributed by atoms with Crippen molar-refractivity contribution in [3.05, 3.63) is 22.4 Å². The molecule has 2 nitrogen and oxygen atoms in total. The molecule has 0 aliphatic heterocycles. The van der Waals surface area contributed by atoms with Gasteiger partial charge in [-0.2, -0.15) is 0 Å². The summed E-state index contributed by atoms with van der Waals surface area (Å²) in [5.74, 6) is 0. The first kappa shape index (κ1) is 9.71. The number of thiophene rings is 1. The fraction of sp³-hybridized carbons (Fsp3) is 0.556. The van der Waals surface area contributed by atoms with Crippen molar-refractivity contribution in [2.24, 2.45) is 0 Å². The highest BCUT2D eigenvalue weighted by Crippen LogP contribution is 2.21. The lowest BCUT2D eigenvalue weighted by Crippen LogP contribution is -2.20. The minimum atomic E-state index is 0.246. The summed E-state index contributed by atoms with van der Waals surface area (Å²) in [5, 5.41) is 14.2. The average molecular weight is 185 g/mol. The smallest absolute Gasteiger partial charge is 0.0449 e. The molecule has 2 N–H and O–H groups in total. The van der Waals surface area contributed by atoms with Gasteiger partial charge in [-0.15, -0.1) is 11.3 Å². The van der Waals surface area contributed by atoms with E-state index in [2.05, 4.69) is 23.7 Å². The molecule has 0 saturated carbocycles. The summed E-state index contributed by atoms with van der Waals surface area (Å²) < 4.78 is 0. The van der Waals surface area contributed by atoms with Crippen LogP contribution < -0.4 is 5.32 Å². The SMILES string of the molecule is CCN[C@H](CCO)c1cccs1. The van der Waals surface area contributed by atoms with E-state index in [1.54, 1.807) is 11.3 Å². The highest BCUT2D eigenvalue weighted by molar-refractivity contribution is 7.10. The Morgan fingerprint density at radius 2 is 2.50 bits per heavy atom. The third kappa shape index (κ3) is 2.59. The van der Waals surface area contributed by atoms with E-state index in [4.69, 9.17) is 5.11 Å². The number of aliphatic hydroxyl groups is 1. The Morgan fingerprint density at radius 3 is 3.00 bits per heavy atom. The van der Waals surface area contributed by atoms with Crippen molar-refractivity contribution in [1.29, 1.82) is 0 Å². The molecule has 1 atom stereocenters. The van der Waals surface area contributed by atoms with Gasteiger partial charge in [0.15, 0.2) is 0 Å². The number of hydrogen-bond acceptors (Lipinski definition) is 3. The quantitative estimate of drug-likeness (QED) is 0.733. The summed E-state index contributed by atoms with van der Waals surface area (Å²) in [4.78, 5) is 1.31. The van der Waals surface area contributed by atoms with E-state index < -0.39 is 0 Å². The summed E-state index contributed by atoms with van der Waals surface area (Å²) >= 11 is 1.74. The second kappa shape index (κ2) is 5.30. The van der Waals surface area contributed by atoms with Gasteiger partial charge in [0.25, 0.3) is 0 Å². The van der Waals surface area contributed by atoms with Crippen molar-refractivity contribution in [3.63, 3.8) is 0 Å². The second-order valence-electron chi connectivity index (χ2n) is 2.64. The third-order valence-corrected chi connectivity index (χ3v) is 2.74. The van der Waals surface area contributed by atoms with Gasteiger partial charge < -0.3 is 10.4 Å².